The molecule has 136 valence electrons. The first-order valence-corrected chi connectivity index (χ1v) is 9.30. The molecule has 4 rings (SSSR count). The average Bonchev–Trinajstić information content (AvgIpc) is 3.32. The predicted octanol–water partition coefficient (Wildman–Crippen LogP) is 4.73. The van der Waals surface area contributed by atoms with Gasteiger partial charge in [-0.25, -0.2) is 9.18 Å². The highest BCUT2D eigenvalue weighted by molar-refractivity contribution is 7.12. The van der Waals surface area contributed by atoms with Crippen molar-refractivity contribution in [2.75, 3.05) is 22.1 Å². The van der Waals surface area contributed by atoms with Gasteiger partial charge in [-0.3, -0.25) is 4.79 Å². The van der Waals surface area contributed by atoms with Crippen molar-refractivity contribution in [3.8, 4) is 0 Å². The van der Waals surface area contributed by atoms with Crippen LogP contribution in [0.2, 0.25) is 0 Å². The first-order chi connectivity index (χ1) is 13.1. The Labute approximate surface area is 159 Å². The number of carbonyl (C=O) groups is 2. The summed E-state index contributed by atoms with van der Waals surface area (Å²) in [5.41, 5.74) is 2.48. The lowest BCUT2D eigenvalue weighted by atomic mass is 10.1. The molecule has 2 heterocycles. The Kier molecular flexibility index (Phi) is 4.60. The highest BCUT2D eigenvalue weighted by atomic mass is 32.1. The first kappa shape index (κ1) is 17.2. The second-order valence-corrected chi connectivity index (χ2v) is 7.03. The van der Waals surface area contributed by atoms with Crippen LogP contribution in [0.1, 0.15) is 15.2 Å². The maximum Gasteiger partial charge on any atom is 0.323 e. The number of amides is 3. The third-order valence-corrected chi connectivity index (χ3v) is 5.20. The van der Waals surface area contributed by atoms with Crippen molar-refractivity contribution in [3.05, 3.63) is 76.2 Å². The number of rotatable bonds is 3. The number of carbonyl (C=O) groups excluding carboxylic acids is 2. The van der Waals surface area contributed by atoms with Crippen LogP contribution in [0.5, 0.6) is 0 Å². The fourth-order valence-corrected chi connectivity index (χ4v) is 3.72. The van der Waals surface area contributed by atoms with Crippen molar-refractivity contribution in [1.82, 2.24) is 0 Å². The van der Waals surface area contributed by atoms with Crippen LogP contribution in [0.4, 0.5) is 26.2 Å². The molecule has 0 fully saturated rings. The SMILES string of the molecule is O=C(Nc1ccc2c(c1)N(C(=O)c1cccs1)CC2)Nc1ccccc1F. The molecule has 0 saturated carbocycles. The third kappa shape index (κ3) is 3.54. The quantitative estimate of drug-likeness (QED) is 0.689. The maximum atomic E-state index is 13.7. The van der Waals surface area contributed by atoms with Gasteiger partial charge in [0.2, 0.25) is 0 Å². The molecule has 1 aliphatic rings. The van der Waals surface area contributed by atoms with E-state index in [1.165, 1.54) is 23.5 Å². The largest absolute Gasteiger partial charge is 0.323 e. The van der Waals surface area contributed by atoms with Crippen molar-refractivity contribution in [1.29, 1.82) is 0 Å². The number of anilines is 3. The van der Waals surface area contributed by atoms with E-state index in [9.17, 15) is 14.0 Å². The fourth-order valence-electron chi connectivity index (χ4n) is 3.05. The van der Waals surface area contributed by atoms with Crippen LogP contribution < -0.4 is 15.5 Å². The van der Waals surface area contributed by atoms with Gasteiger partial charge in [0.05, 0.1) is 10.6 Å². The number of thiophene rings is 1. The Morgan fingerprint density at radius 2 is 1.89 bits per heavy atom. The van der Waals surface area contributed by atoms with Gasteiger partial charge in [-0.15, -0.1) is 11.3 Å². The van der Waals surface area contributed by atoms with E-state index >= 15 is 0 Å². The summed E-state index contributed by atoms with van der Waals surface area (Å²) in [7, 11) is 0. The van der Waals surface area contributed by atoms with Gasteiger partial charge < -0.3 is 15.5 Å². The molecule has 2 aromatic carbocycles. The zero-order valence-corrected chi connectivity index (χ0v) is 15.1. The van der Waals surface area contributed by atoms with E-state index in [1.807, 2.05) is 17.5 Å². The third-order valence-electron chi connectivity index (χ3n) is 4.34. The smallest absolute Gasteiger partial charge is 0.308 e. The van der Waals surface area contributed by atoms with Crippen molar-refractivity contribution >= 4 is 40.3 Å². The maximum absolute atomic E-state index is 13.7. The number of hydrogen-bond acceptors (Lipinski definition) is 3. The summed E-state index contributed by atoms with van der Waals surface area (Å²) in [6, 6.07) is 14.5. The minimum Gasteiger partial charge on any atom is -0.308 e. The molecule has 1 aliphatic heterocycles. The molecular weight excluding hydrogens is 365 g/mol. The van der Waals surface area contributed by atoms with Gasteiger partial charge >= 0.3 is 6.03 Å². The van der Waals surface area contributed by atoms with Crippen LogP contribution in [0, 0.1) is 5.82 Å². The Balaban J connectivity index is 1.51. The summed E-state index contributed by atoms with van der Waals surface area (Å²) in [6.07, 6.45) is 0.772. The van der Waals surface area contributed by atoms with Gasteiger partial charge in [-0.1, -0.05) is 24.3 Å². The van der Waals surface area contributed by atoms with Crippen LogP contribution >= 0.6 is 11.3 Å². The topological polar surface area (TPSA) is 61.4 Å². The molecule has 0 aliphatic carbocycles. The standard InChI is InChI=1S/C20H16FN3O2S/c21-15-4-1-2-5-16(15)23-20(26)22-14-8-7-13-9-10-24(17(13)12-14)19(25)18-6-3-11-27-18/h1-8,11-12H,9-10H2,(H2,22,23,26). The number of para-hydroxylation sites is 1. The highest BCUT2D eigenvalue weighted by Crippen LogP contribution is 2.32. The number of nitrogens with zero attached hydrogens (tertiary/aromatic N) is 1. The second-order valence-electron chi connectivity index (χ2n) is 6.09. The summed E-state index contributed by atoms with van der Waals surface area (Å²) in [4.78, 5) is 27.2. The average molecular weight is 381 g/mol. The number of hydrogen-bond donors (Lipinski definition) is 2. The molecule has 27 heavy (non-hydrogen) atoms. The van der Waals surface area contributed by atoms with Crippen LogP contribution in [0.15, 0.2) is 60.0 Å². The van der Waals surface area contributed by atoms with Gasteiger partial charge in [0.1, 0.15) is 5.82 Å². The lowest BCUT2D eigenvalue weighted by Gasteiger charge is -2.17. The van der Waals surface area contributed by atoms with Crippen molar-refractivity contribution in [2.24, 2.45) is 0 Å². The molecular formula is C20H16FN3O2S. The van der Waals surface area contributed by atoms with E-state index < -0.39 is 11.8 Å². The van der Waals surface area contributed by atoms with Gasteiger partial charge in [-0.05, 0) is 47.7 Å². The zero-order chi connectivity index (χ0) is 18.8. The summed E-state index contributed by atoms with van der Waals surface area (Å²) < 4.78 is 13.7. The van der Waals surface area contributed by atoms with Crippen LogP contribution in [0.3, 0.4) is 0 Å². The molecule has 0 atom stereocenters. The molecule has 0 unspecified atom stereocenters. The second kappa shape index (κ2) is 7.20. The summed E-state index contributed by atoms with van der Waals surface area (Å²) in [5.74, 6) is -0.550. The zero-order valence-electron chi connectivity index (χ0n) is 14.2. The minimum atomic E-state index is -0.547. The number of fused-ring (bicyclic) bond motifs is 1. The molecule has 5 nitrogen and oxygen atoms in total. The lowest BCUT2D eigenvalue weighted by molar-refractivity contribution is 0.0993. The number of urea groups is 1. The monoisotopic (exact) mass is 381 g/mol. The molecule has 7 heteroatoms. The highest BCUT2D eigenvalue weighted by Gasteiger charge is 2.26. The Morgan fingerprint density at radius 3 is 2.67 bits per heavy atom. The normalized spacial score (nSPS) is 12.6. The van der Waals surface area contributed by atoms with Crippen LogP contribution in [-0.4, -0.2) is 18.5 Å². The Bertz CT molecular complexity index is 1000. The first-order valence-electron chi connectivity index (χ1n) is 8.42. The minimum absolute atomic E-state index is 0.0447. The summed E-state index contributed by atoms with van der Waals surface area (Å²) in [5, 5.41) is 7.04. The van der Waals surface area contributed by atoms with Crippen molar-refractivity contribution in [2.45, 2.75) is 6.42 Å². The van der Waals surface area contributed by atoms with E-state index in [2.05, 4.69) is 10.6 Å². The molecule has 1 aromatic heterocycles. The summed E-state index contributed by atoms with van der Waals surface area (Å²) >= 11 is 1.40. The van der Waals surface area contributed by atoms with Gasteiger partial charge in [0, 0.05) is 17.9 Å². The van der Waals surface area contributed by atoms with Gasteiger partial charge in [0.15, 0.2) is 0 Å². The number of nitrogens with one attached hydrogen (secondary N) is 2. The van der Waals surface area contributed by atoms with Gasteiger partial charge in [-0.2, -0.15) is 0 Å². The van der Waals surface area contributed by atoms with E-state index in [0.29, 0.717) is 17.1 Å². The van der Waals surface area contributed by atoms with Crippen LogP contribution in [0.25, 0.3) is 0 Å². The van der Waals surface area contributed by atoms with Crippen molar-refractivity contribution in [3.63, 3.8) is 0 Å². The van der Waals surface area contributed by atoms with E-state index in [4.69, 9.17) is 0 Å². The van der Waals surface area contributed by atoms with Crippen LogP contribution in [-0.2, 0) is 6.42 Å². The molecule has 0 bridgehead atoms. The predicted molar refractivity (Wildman–Crippen MR) is 105 cm³/mol. The van der Waals surface area contributed by atoms with Crippen molar-refractivity contribution < 1.29 is 14.0 Å². The number of halogens is 1. The molecule has 3 amide bonds. The van der Waals surface area contributed by atoms with Gasteiger partial charge in [0.25, 0.3) is 5.91 Å². The molecule has 2 N–H and O–H groups in total. The van der Waals surface area contributed by atoms with E-state index in [-0.39, 0.29) is 11.6 Å². The molecule has 0 saturated heterocycles. The molecule has 3 aromatic rings. The summed E-state index contributed by atoms with van der Waals surface area (Å²) in [6.45, 7) is 0.608. The lowest BCUT2D eigenvalue weighted by Crippen LogP contribution is -2.28. The molecule has 0 spiro atoms. The Hall–Kier alpha value is -3.19. The molecule has 0 radical (unpaired) electrons. The van der Waals surface area contributed by atoms with E-state index in [1.54, 1.807) is 35.2 Å². The number of benzene rings is 2. The Morgan fingerprint density at radius 1 is 1.04 bits per heavy atom. The fraction of sp³-hybridized carbons (Fsp3) is 0.100. The van der Waals surface area contributed by atoms with E-state index in [0.717, 1.165) is 17.7 Å².